The van der Waals surface area contributed by atoms with Gasteiger partial charge in [0.2, 0.25) is 11.8 Å². The van der Waals surface area contributed by atoms with Gasteiger partial charge in [0.25, 0.3) is 0 Å². The molecule has 0 unspecified atom stereocenters. The highest BCUT2D eigenvalue weighted by molar-refractivity contribution is 6.31. The number of benzene rings is 1. The van der Waals surface area contributed by atoms with Crippen LogP contribution in [0.1, 0.15) is 31.5 Å². The zero-order valence-electron chi connectivity index (χ0n) is 15.7. The van der Waals surface area contributed by atoms with Crippen molar-refractivity contribution in [3.05, 3.63) is 34.5 Å². The van der Waals surface area contributed by atoms with Gasteiger partial charge in [0.15, 0.2) is 0 Å². The Morgan fingerprint density at radius 2 is 2.15 bits per heavy atom. The topological polar surface area (TPSA) is 68.4 Å². The molecule has 1 aromatic carbocycles. The maximum absolute atomic E-state index is 13.0. The summed E-state index contributed by atoms with van der Waals surface area (Å²) in [5.41, 5.74) is 3.37. The Balaban J connectivity index is 1.53. The summed E-state index contributed by atoms with van der Waals surface area (Å²) in [6, 6.07) is 5.66. The van der Waals surface area contributed by atoms with E-state index in [2.05, 4.69) is 29.0 Å². The van der Waals surface area contributed by atoms with E-state index in [1.165, 1.54) is 5.69 Å². The first-order chi connectivity index (χ1) is 12.9. The van der Waals surface area contributed by atoms with Crippen LogP contribution in [0, 0.1) is 0 Å². The predicted molar refractivity (Wildman–Crippen MR) is 106 cm³/mol. The molecule has 7 heteroatoms. The molecule has 1 saturated heterocycles. The van der Waals surface area contributed by atoms with E-state index in [-0.39, 0.29) is 30.3 Å². The number of aromatic amines is 1. The number of hydrogen-bond acceptors (Lipinski definition) is 3. The normalized spacial score (nSPS) is 20.8. The van der Waals surface area contributed by atoms with Crippen molar-refractivity contribution in [3.8, 4) is 0 Å². The Kier molecular flexibility index (Phi) is 4.86. The van der Waals surface area contributed by atoms with E-state index in [1.807, 2.05) is 23.1 Å². The maximum Gasteiger partial charge on any atom is 0.237 e. The second-order valence-electron chi connectivity index (χ2n) is 7.68. The van der Waals surface area contributed by atoms with Gasteiger partial charge in [-0.25, -0.2) is 0 Å². The van der Waals surface area contributed by atoms with Gasteiger partial charge in [-0.15, -0.1) is 0 Å². The Morgan fingerprint density at radius 1 is 1.33 bits per heavy atom. The minimum atomic E-state index is -0.384. The number of piperazine rings is 1. The molecule has 4 rings (SSSR count). The molecule has 0 aliphatic carbocycles. The standard InChI is InChI=1S/C20H25ClN4O2/c1-12(2)25-8-6-22-20(27)18(25)10-19(26)24-7-5-17-15(11-24)14-9-13(21)3-4-16(14)23-17/h3-4,9,12,18,23H,5-8,10-11H2,1-2H3,(H,22,27)/t18-/m0/s1. The number of carbonyl (C=O) groups excluding carboxylic acids is 2. The molecule has 3 heterocycles. The number of hydrogen-bond donors (Lipinski definition) is 2. The first-order valence-electron chi connectivity index (χ1n) is 9.54. The molecule has 27 heavy (non-hydrogen) atoms. The third-order valence-corrected chi connectivity index (χ3v) is 5.93. The number of carbonyl (C=O) groups is 2. The number of H-pyrrole nitrogens is 1. The molecule has 1 atom stereocenters. The summed E-state index contributed by atoms with van der Waals surface area (Å²) >= 11 is 6.16. The van der Waals surface area contributed by atoms with E-state index >= 15 is 0 Å². The lowest BCUT2D eigenvalue weighted by Crippen LogP contribution is -2.58. The summed E-state index contributed by atoms with van der Waals surface area (Å²) in [7, 11) is 0. The molecule has 0 spiro atoms. The summed E-state index contributed by atoms with van der Waals surface area (Å²) in [4.78, 5) is 32.8. The van der Waals surface area contributed by atoms with E-state index in [4.69, 9.17) is 11.6 Å². The highest BCUT2D eigenvalue weighted by Gasteiger charge is 2.35. The summed E-state index contributed by atoms with van der Waals surface area (Å²) in [5.74, 6) is -0.00963. The largest absolute Gasteiger partial charge is 0.358 e. The molecule has 1 fully saturated rings. The number of aromatic nitrogens is 1. The van der Waals surface area contributed by atoms with Gasteiger partial charge >= 0.3 is 0 Å². The first-order valence-corrected chi connectivity index (χ1v) is 9.92. The minimum Gasteiger partial charge on any atom is -0.358 e. The molecule has 0 saturated carbocycles. The number of halogens is 1. The fraction of sp³-hybridized carbons (Fsp3) is 0.500. The molecule has 2 amide bonds. The summed E-state index contributed by atoms with van der Waals surface area (Å²) < 4.78 is 0. The number of nitrogens with one attached hydrogen (secondary N) is 2. The van der Waals surface area contributed by atoms with Crippen molar-refractivity contribution in [3.63, 3.8) is 0 Å². The van der Waals surface area contributed by atoms with Gasteiger partial charge < -0.3 is 15.2 Å². The van der Waals surface area contributed by atoms with Crippen LogP contribution in [0.4, 0.5) is 0 Å². The molecule has 2 N–H and O–H groups in total. The molecule has 2 aromatic rings. The zero-order valence-corrected chi connectivity index (χ0v) is 16.5. The monoisotopic (exact) mass is 388 g/mol. The molecule has 2 aliphatic rings. The number of rotatable bonds is 3. The summed E-state index contributed by atoms with van der Waals surface area (Å²) in [6.45, 7) is 6.79. The van der Waals surface area contributed by atoms with Crippen molar-refractivity contribution in [2.24, 2.45) is 0 Å². The van der Waals surface area contributed by atoms with Crippen LogP contribution in [0.5, 0.6) is 0 Å². The zero-order chi connectivity index (χ0) is 19.1. The van der Waals surface area contributed by atoms with E-state index in [1.54, 1.807) is 0 Å². The van der Waals surface area contributed by atoms with Crippen molar-refractivity contribution < 1.29 is 9.59 Å². The lowest BCUT2D eigenvalue weighted by Gasteiger charge is -2.38. The summed E-state index contributed by atoms with van der Waals surface area (Å²) in [5, 5.41) is 4.67. The highest BCUT2D eigenvalue weighted by Crippen LogP contribution is 2.30. The molecule has 2 aliphatic heterocycles. The number of fused-ring (bicyclic) bond motifs is 3. The minimum absolute atomic E-state index is 0.0322. The first kappa shape index (κ1) is 18.3. The Morgan fingerprint density at radius 3 is 2.93 bits per heavy atom. The smallest absolute Gasteiger partial charge is 0.237 e. The maximum atomic E-state index is 13.0. The van der Waals surface area contributed by atoms with Gasteiger partial charge in [-0.2, -0.15) is 0 Å². The quantitative estimate of drug-likeness (QED) is 0.847. The van der Waals surface area contributed by atoms with Crippen molar-refractivity contribution in [1.82, 2.24) is 20.1 Å². The van der Waals surface area contributed by atoms with Crippen LogP contribution < -0.4 is 5.32 Å². The molecule has 1 aromatic heterocycles. The van der Waals surface area contributed by atoms with Crippen LogP contribution in [0.15, 0.2) is 18.2 Å². The fourth-order valence-corrected chi connectivity index (χ4v) is 4.43. The second-order valence-corrected chi connectivity index (χ2v) is 8.12. The van der Waals surface area contributed by atoms with Crippen molar-refractivity contribution >= 4 is 34.3 Å². The van der Waals surface area contributed by atoms with Gasteiger partial charge in [-0.1, -0.05) is 11.6 Å². The van der Waals surface area contributed by atoms with E-state index in [0.717, 1.165) is 29.4 Å². The van der Waals surface area contributed by atoms with Gasteiger partial charge in [-0.05, 0) is 32.0 Å². The molecule has 0 radical (unpaired) electrons. The third-order valence-electron chi connectivity index (χ3n) is 5.69. The van der Waals surface area contributed by atoms with E-state index < -0.39 is 0 Å². The van der Waals surface area contributed by atoms with Crippen molar-refractivity contribution in [2.45, 2.75) is 45.3 Å². The number of amides is 2. The molecular formula is C20H25ClN4O2. The second kappa shape index (κ2) is 7.17. The van der Waals surface area contributed by atoms with Crippen LogP contribution in [0.2, 0.25) is 5.02 Å². The Labute approximate surface area is 163 Å². The van der Waals surface area contributed by atoms with Crippen LogP contribution in [-0.2, 0) is 22.6 Å². The van der Waals surface area contributed by atoms with Gasteiger partial charge in [0, 0.05) is 65.8 Å². The number of nitrogens with zero attached hydrogens (tertiary/aromatic N) is 2. The van der Waals surface area contributed by atoms with E-state index in [9.17, 15) is 9.59 Å². The third kappa shape index (κ3) is 3.44. The molecule has 0 bridgehead atoms. The van der Waals surface area contributed by atoms with Crippen molar-refractivity contribution in [1.29, 1.82) is 0 Å². The van der Waals surface area contributed by atoms with Gasteiger partial charge in [0.1, 0.15) is 0 Å². The lowest BCUT2D eigenvalue weighted by atomic mass is 10.0. The van der Waals surface area contributed by atoms with Crippen LogP contribution >= 0.6 is 11.6 Å². The highest BCUT2D eigenvalue weighted by atomic mass is 35.5. The van der Waals surface area contributed by atoms with Crippen LogP contribution in [0.3, 0.4) is 0 Å². The SMILES string of the molecule is CC(C)N1CCNC(=O)[C@@H]1CC(=O)N1CCc2[nH]c3ccc(Cl)cc3c2C1. The molecular weight excluding hydrogens is 364 g/mol. The summed E-state index contributed by atoms with van der Waals surface area (Å²) in [6.07, 6.45) is 1.01. The average Bonchev–Trinajstić information content (AvgIpc) is 3.00. The Hall–Kier alpha value is -2.05. The fourth-order valence-electron chi connectivity index (χ4n) is 4.25. The molecule has 6 nitrogen and oxygen atoms in total. The van der Waals surface area contributed by atoms with Crippen LogP contribution in [-0.4, -0.2) is 58.3 Å². The van der Waals surface area contributed by atoms with Crippen molar-refractivity contribution in [2.75, 3.05) is 19.6 Å². The molecule has 144 valence electrons. The van der Waals surface area contributed by atoms with E-state index in [0.29, 0.717) is 24.7 Å². The van der Waals surface area contributed by atoms with Crippen LogP contribution in [0.25, 0.3) is 10.9 Å². The van der Waals surface area contributed by atoms with Gasteiger partial charge in [0.05, 0.1) is 12.5 Å². The predicted octanol–water partition coefficient (Wildman–Crippen LogP) is 2.30. The van der Waals surface area contributed by atoms with Gasteiger partial charge in [-0.3, -0.25) is 14.5 Å². The average molecular weight is 389 g/mol. The Bertz CT molecular complexity index is 891. The lowest BCUT2D eigenvalue weighted by molar-refractivity contribution is -0.140.